The molecule has 2 aliphatic carbocycles. The number of hydrogen-bond donors (Lipinski definition) is 1. The summed E-state index contributed by atoms with van der Waals surface area (Å²) in [7, 11) is -6.34. The largest absolute Gasteiger partial charge is 0.482 e. The Morgan fingerprint density at radius 2 is 1.56 bits per heavy atom. The summed E-state index contributed by atoms with van der Waals surface area (Å²) in [6, 6.07) is 16.5. The maximum Gasteiger partial charge on any atom is 0.339 e. The van der Waals surface area contributed by atoms with Gasteiger partial charge in [0.05, 0.1) is 11.0 Å². The lowest BCUT2D eigenvalue weighted by Crippen LogP contribution is -2.55. The second-order valence-electron chi connectivity index (χ2n) is 11.3. The molecule has 3 aliphatic rings. The Labute approximate surface area is 241 Å². The number of sulfonamides is 1. The van der Waals surface area contributed by atoms with E-state index in [9.17, 15) is 21.9 Å². The standard InChI is InChI=1S/C31H33NO7S2/c1-20-4-12-24(13-5-20)40(34,35)32(3)19-18-31-23-10-8-22-9-17-27(29(28(22)31)38-30(31)26(33)16-11-23)39-41(36,37)25-14-6-21(2)7-15-25/h4-10,12-15,17,23,26,30,33H,11,16,18-19H2,1-3H3/t23?,26-,30+,31+/m0/s1. The first-order valence-corrected chi connectivity index (χ1v) is 16.5. The number of benzene rings is 3. The van der Waals surface area contributed by atoms with Gasteiger partial charge >= 0.3 is 10.1 Å². The summed E-state index contributed by atoms with van der Waals surface area (Å²) in [6.07, 6.45) is 4.20. The van der Waals surface area contributed by atoms with Gasteiger partial charge in [-0.3, -0.25) is 0 Å². The first-order chi connectivity index (χ1) is 19.4. The van der Waals surface area contributed by atoms with E-state index in [1.54, 1.807) is 55.6 Å². The van der Waals surface area contributed by atoms with Crippen LogP contribution in [0.2, 0.25) is 0 Å². The van der Waals surface area contributed by atoms with Crippen molar-refractivity contribution in [2.45, 2.75) is 60.5 Å². The van der Waals surface area contributed by atoms with Gasteiger partial charge in [0.1, 0.15) is 11.0 Å². The minimum atomic E-state index is -4.15. The Morgan fingerprint density at radius 1 is 0.927 bits per heavy atom. The summed E-state index contributed by atoms with van der Waals surface area (Å²) >= 11 is 0. The molecule has 1 saturated carbocycles. The van der Waals surface area contributed by atoms with E-state index in [-0.39, 0.29) is 28.0 Å². The zero-order chi connectivity index (χ0) is 29.2. The van der Waals surface area contributed by atoms with Crippen LogP contribution in [0.5, 0.6) is 11.5 Å². The third kappa shape index (κ3) is 4.57. The molecule has 6 rings (SSSR count). The fraction of sp³-hybridized carbons (Fsp3) is 0.355. The number of rotatable bonds is 8. The average Bonchev–Trinajstić information content (AvgIpc) is 3.31. The molecule has 3 aromatic carbocycles. The molecule has 10 heteroatoms. The van der Waals surface area contributed by atoms with Crippen LogP contribution in [0.3, 0.4) is 0 Å². The number of aryl methyl sites for hydroxylation is 2. The van der Waals surface area contributed by atoms with Crippen molar-refractivity contribution >= 4 is 26.2 Å². The molecule has 1 aliphatic heterocycles. The fourth-order valence-electron chi connectivity index (χ4n) is 6.50. The lowest BCUT2D eigenvalue weighted by Gasteiger charge is -2.48. The van der Waals surface area contributed by atoms with Gasteiger partial charge in [-0.25, -0.2) is 12.7 Å². The van der Waals surface area contributed by atoms with Crippen molar-refractivity contribution in [1.29, 1.82) is 0 Å². The number of nitrogens with zero attached hydrogens (tertiary/aromatic N) is 1. The van der Waals surface area contributed by atoms with Crippen molar-refractivity contribution in [2.24, 2.45) is 5.92 Å². The Hall–Kier alpha value is -3.18. The molecule has 216 valence electrons. The minimum Gasteiger partial charge on any atom is -0.482 e. The molecule has 1 unspecified atom stereocenters. The molecule has 4 atom stereocenters. The molecule has 1 fully saturated rings. The van der Waals surface area contributed by atoms with Crippen LogP contribution in [0.4, 0.5) is 0 Å². The molecule has 1 N–H and O–H groups in total. The third-order valence-electron chi connectivity index (χ3n) is 8.74. The van der Waals surface area contributed by atoms with E-state index in [1.165, 1.54) is 16.4 Å². The maximum atomic E-state index is 13.4. The number of aliphatic hydroxyl groups is 1. The molecule has 3 aromatic rings. The smallest absolute Gasteiger partial charge is 0.339 e. The second kappa shape index (κ2) is 9.97. The van der Waals surface area contributed by atoms with E-state index >= 15 is 0 Å². The van der Waals surface area contributed by atoms with Gasteiger partial charge in [0.15, 0.2) is 11.5 Å². The molecular formula is C31H33NO7S2. The topological polar surface area (TPSA) is 110 Å². The van der Waals surface area contributed by atoms with Crippen LogP contribution >= 0.6 is 0 Å². The summed E-state index contributed by atoms with van der Waals surface area (Å²) in [5.41, 5.74) is 2.76. The molecule has 0 saturated heterocycles. The summed E-state index contributed by atoms with van der Waals surface area (Å²) in [4.78, 5) is 0.242. The quantitative estimate of drug-likeness (QED) is 0.380. The van der Waals surface area contributed by atoms with Crippen molar-refractivity contribution in [3.63, 3.8) is 0 Å². The van der Waals surface area contributed by atoms with Gasteiger partial charge in [-0.1, -0.05) is 53.6 Å². The summed E-state index contributed by atoms with van der Waals surface area (Å²) < 4.78 is 66.6. The predicted molar refractivity (Wildman–Crippen MR) is 155 cm³/mol. The van der Waals surface area contributed by atoms with Crippen LogP contribution in [0.25, 0.3) is 6.08 Å². The SMILES string of the molecule is Cc1ccc(S(=O)(=O)Oc2ccc3c4c2O[C@@H]2[C@@H](O)CCC(C=C3)[C@]42CCN(C)S(=O)(=O)c2ccc(C)cc2)cc1. The predicted octanol–water partition coefficient (Wildman–Crippen LogP) is 4.58. The van der Waals surface area contributed by atoms with E-state index in [1.807, 2.05) is 19.9 Å². The van der Waals surface area contributed by atoms with Gasteiger partial charge in [-0.2, -0.15) is 8.42 Å². The van der Waals surface area contributed by atoms with Crippen LogP contribution in [0.1, 0.15) is 41.5 Å². The van der Waals surface area contributed by atoms with Gasteiger partial charge < -0.3 is 14.0 Å². The normalized spacial score (nSPS) is 24.7. The highest BCUT2D eigenvalue weighted by Crippen LogP contribution is 2.61. The average molecular weight is 596 g/mol. The van der Waals surface area contributed by atoms with Crippen LogP contribution < -0.4 is 8.92 Å². The van der Waals surface area contributed by atoms with Crippen LogP contribution in [0, 0.1) is 19.8 Å². The highest BCUT2D eigenvalue weighted by molar-refractivity contribution is 7.89. The van der Waals surface area contributed by atoms with Crippen LogP contribution in [-0.4, -0.2) is 52.0 Å². The Balaban J connectivity index is 1.38. The molecule has 0 bridgehead atoms. The lowest BCUT2D eigenvalue weighted by atomic mass is 9.56. The molecule has 8 nitrogen and oxygen atoms in total. The van der Waals surface area contributed by atoms with Gasteiger partial charge in [0.25, 0.3) is 0 Å². The molecule has 41 heavy (non-hydrogen) atoms. The van der Waals surface area contributed by atoms with Crippen molar-refractivity contribution in [3.05, 3.63) is 89.0 Å². The second-order valence-corrected chi connectivity index (χ2v) is 14.9. The molecule has 1 heterocycles. The molecule has 0 aromatic heterocycles. The number of allylic oxidation sites excluding steroid dienone is 1. The first kappa shape index (κ1) is 28.0. The monoisotopic (exact) mass is 595 g/mol. The van der Waals surface area contributed by atoms with Crippen LogP contribution in [-0.2, 0) is 25.6 Å². The van der Waals surface area contributed by atoms with E-state index in [4.69, 9.17) is 8.92 Å². The van der Waals surface area contributed by atoms with Crippen molar-refractivity contribution in [1.82, 2.24) is 4.31 Å². The number of aliphatic hydroxyl groups excluding tert-OH is 1. The highest BCUT2D eigenvalue weighted by atomic mass is 32.2. The highest BCUT2D eigenvalue weighted by Gasteiger charge is 2.60. The van der Waals surface area contributed by atoms with E-state index < -0.39 is 37.8 Å². The Morgan fingerprint density at radius 3 is 2.22 bits per heavy atom. The lowest BCUT2D eigenvalue weighted by molar-refractivity contribution is -0.0462. The Kier molecular flexibility index (Phi) is 6.80. The third-order valence-corrected chi connectivity index (χ3v) is 11.9. The molecule has 0 amide bonds. The summed E-state index contributed by atoms with van der Waals surface area (Å²) in [5.74, 6) is 0.326. The van der Waals surface area contributed by atoms with E-state index in [0.29, 0.717) is 25.0 Å². The Bertz CT molecular complexity index is 1730. The summed E-state index contributed by atoms with van der Waals surface area (Å²) in [6.45, 7) is 3.95. The van der Waals surface area contributed by atoms with Gasteiger partial charge in [0, 0.05) is 24.6 Å². The van der Waals surface area contributed by atoms with E-state index in [0.717, 1.165) is 22.3 Å². The molecule has 0 radical (unpaired) electrons. The number of ether oxygens (including phenoxy) is 1. The molecule has 0 spiro atoms. The first-order valence-electron chi connectivity index (χ1n) is 13.7. The maximum absolute atomic E-state index is 13.4. The number of hydrogen-bond acceptors (Lipinski definition) is 7. The molecular weight excluding hydrogens is 562 g/mol. The van der Waals surface area contributed by atoms with Crippen molar-refractivity contribution in [2.75, 3.05) is 13.6 Å². The zero-order valence-electron chi connectivity index (χ0n) is 23.1. The van der Waals surface area contributed by atoms with Crippen LogP contribution in [0.15, 0.2) is 76.5 Å². The summed E-state index contributed by atoms with van der Waals surface area (Å²) in [5, 5.41) is 11.2. The zero-order valence-corrected chi connectivity index (χ0v) is 24.8. The van der Waals surface area contributed by atoms with Gasteiger partial charge in [-0.05, 0) is 74.9 Å². The van der Waals surface area contributed by atoms with Crippen molar-refractivity contribution < 1.29 is 30.9 Å². The fourth-order valence-corrected chi connectivity index (χ4v) is 8.60. The minimum absolute atomic E-state index is 0.0240. The van der Waals surface area contributed by atoms with E-state index in [2.05, 4.69) is 6.08 Å². The van der Waals surface area contributed by atoms with Gasteiger partial charge in [0.2, 0.25) is 10.0 Å². The van der Waals surface area contributed by atoms with Crippen molar-refractivity contribution in [3.8, 4) is 11.5 Å². The van der Waals surface area contributed by atoms with Gasteiger partial charge in [-0.15, -0.1) is 0 Å².